The maximum absolute atomic E-state index is 12.9. The minimum Gasteiger partial charge on any atom is -0.497 e. The summed E-state index contributed by atoms with van der Waals surface area (Å²) in [7, 11) is 1.60. The number of likely N-dealkylation sites (tertiary alicyclic amines) is 1. The Kier molecular flexibility index (Phi) is 5.55. The van der Waals surface area contributed by atoms with E-state index < -0.39 is 23.4 Å². The van der Waals surface area contributed by atoms with Crippen LogP contribution in [0.5, 0.6) is 5.75 Å². The van der Waals surface area contributed by atoms with Crippen LogP contribution in [0.2, 0.25) is 0 Å². The van der Waals surface area contributed by atoms with Crippen LogP contribution in [0, 0.1) is 11.8 Å². The lowest BCUT2D eigenvalue weighted by Crippen LogP contribution is -2.31. The molecule has 2 fully saturated rings. The summed E-state index contributed by atoms with van der Waals surface area (Å²) in [6.45, 7) is 1.71. The number of methoxy groups -OCH3 is 1. The molecule has 2 aliphatic rings. The Morgan fingerprint density at radius 2 is 1.77 bits per heavy atom. The number of alkyl halides is 3. The largest absolute Gasteiger partial charge is 0.497 e. The number of aliphatic hydroxyl groups is 2. The first-order valence-electron chi connectivity index (χ1n) is 10.1. The number of β-amino-alcohol motifs (C(OH)–C–C–N with tert-alkyl or cyclic N) is 1. The highest BCUT2D eigenvalue weighted by atomic mass is 19.4. The van der Waals surface area contributed by atoms with E-state index >= 15 is 0 Å². The number of hydrogen-bond donors (Lipinski definition) is 2. The summed E-state index contributed by atoms with van der Waals surface area (Å²) >= 11 is 0. The number of nitrogens with zero attached hydrogens (tertiary/aromatic N) is 1. The van der Waals surface area contributed by atoms with Crippen LogP contribution in [0.15, 0.2) is 48.5 Å². The van der Waals surface area contributed by atoms with Crippen LogP contribution in [0.1, 0.15) is 35.6 Å². The van der Waals surface area contributed by atoms with Gasteiger partial charge in [0, 0.05) is 19.6 Å². The van der Waals surface area contributed by atoms with Crippen molar-refractivity contribution in [1.29, 1.82) is 0 Å². The number of benzene rings is 2. The van der Waals surface area contributed by atoms with Crippen molar-refractivity contribution >= 4 is 0 Å². The number of halogens is 3. The van der Waals surface area contributed by atoms with Gasteiger partial charge in [-0.15, -0.1) is 0 Å². The number of rotatable bonds is 5. The van der Waals surface area contributed by atoms with Crippen molar-refractivity contribution in [2.75, 3.05) is 26.7 Å². The molecule has 2 aromatic carbocycles. The van der Waals surface area contributed by atoms with Gasteiger partial charge in [-0.05, 0) is 60.1 Å². The van der Waals surface area contributed by atoms with E-state index in [9.17, 15) is 23.4 Å². The molecular formula is C23H26F3NO3. The molecule has 2 aromatic rings. The minimum absolute atomic E-state index is 0.273. The molecule has 1 saturated carbocycles. The summed E-state index contributed by atoms with van der Waals surface area (Å²) in [6.07, 6.45) is -4.16. The van der Waals surface area contributed by atoms with E-state index in [1.807, 2.05) is 24.3 Å². The number of ether oxygens (including phenoxy) is 1. The molecule has 2 N–H and O–H groups in total. The van der Waals surface area contributed by atoms with Crippen molar-refractivity contribution < 1.29 is 28.1 Å². The van der Waals surface area contributed by atoms with E-state index in [0.717, 1.165) is 17.7 Å². The summed E-state index contributed by atoms with van der Waals surface area (Å²) in [5.74, 6) is 1.29. The highest BCUT2D eigenvalue weighted by molar-refractivity contribution is 5.33. The summed E-state index contributed by atoms with van der Waals surface area (Å²) in [4.78, 5) is 2.09. The van der Waals surface area contributed by atoms with Crippen molar-refractivity contribution in [1.82, 2.24) is 4.90 Å². The smallest absolute Gasteiger partial charge is 0.416 e. The molecule has 4 nitrogen and oxygen atoms in total. The Balaban J connectivity index is 1.39. The van der Waals surface area contributed by atoms with Gasteiger partial charge in [-0.2, -0.15) is 13.2 Å². The number of hydrogen-bond acceptors (Lipinski definition) is 4. The molecule has 0 spiro atoms. The summed E-state index contributed by atoms with van der Waals surface area (Å²) < 4.78 is 44.1. The number of fused-ring (bicyclic) bond motifs is 1. The fourth-order valence-corrected chi connectivity index (χ4v) is 5.02. The van der Waals surface area contributed by atoms with Gasteiger partial charge in [0.25, 0.3) is 0 Å². The molecule has 1 saturated heterocycles. The zero-order valence-electron chi connectivity index (χ0n) is 16.8. The molecule has 4 atom stereocenters. The highest BCUT2D eigenvalue weighted by Crippen LogP contribution is 2.49. The predicted octanol–water partition coefficient (Wildman–Crippen LogP) is 3.98. The Hall–Kier alpha value is -2.09. The van der Waals surface area contributed by atoms with E-state index in [1.54, 1.807) is 7.11 Å². The Morgan fingerprint density at radius 3 is 2.40 bits per heavy atom. The monoisotopic (exact) mass is 421 g/mol. The van der Waals surface area contributed by atoms with Gasteiger partial charge in [0.05, 0.1) is 24.4 Å². The van der Waals surface area contributed by atoms with E-state index in [4.69, 9.17) is 4.74 Å². The lowest BCUT2D eigenvalue weighted by atomic mass is 9.90. The third-order valence-corrected chi connectivity index (χ3v) is 6.49. The third kappa shape index (κ3) is 4.19. The molecular weight excluding hydrogens is 395 g/mol. The maximum atomic E-state index is 12.9. The topological polar surface area (TPSA) is 52.9 Å². The zero-order valence-corrected chi connectivity index (χ0v) is 16.8. The van der Waals surface area contributed by atoms with Crippen molar-refractivity contribution in [3.63, 3.8) is 0 Å². The lowest BCUT2D eigenvalue weighted by molar-refractivity contribution is -0.137. The van der Waals surface area contributed by atoms with Crippen molar-refractivity contribution in [3.05, 3.63) is 65.2 Å². The zero-order chi connectivity index (χ0) is 21.5. The van der Waals surface area contributed by atoms with Gasteiger partial charge in [-0.1, -0.05) is 24.3 Å². The average Bonchev–Trinajstić information content (AvgIpc) is 3.22. The molecule has 162 valence electrons. The van der Waals surface area contributed by atoms with Gasteiger partial charge >= 0.3 is 6.18 Å². The van der Waals surface area contributed by atoms with Crippen LogP contribution >= 0.6 is 0 Å². The second-order valence-electron chi connectivity index (χ2n) is 8.55. The Morgan fingerprint density at radius 1 is 1.10 bits per heavy atom. The predicted molar refractivity (Wildman–Crippen MR) is 106 cm³/mol. The molecule has 1 aliphatic heterocycles. The van der Waals surface area contributed by atoms with E-state index in [2.05, 4.69) is 4.90 Å². The molecule has 1 heterocycles. The summed E-state index contributed by atoms with van der Waals surface area (Å²) in [5.41, 5.74) is -0.516. The van der Waals surface area contributed by atoms with Gasteiger partial charge in [-0.25, -0.2) is 0 Å². The molecule has 7 heteroatoms. The molecule has 2 unspecified atom stereocenters. The summed E-state index contributed by atoms with van der Waals surface area (Å²) in [6, 6.07) is 12.4. The molecule has 4 rings (SSSR count). The Bertz CT molecular complexity index is 887. The first-order chi connectivity index (χ1) is 14.2. The standard InChI is InChI=1S/C23H26F3NO3/c1-30-20-7-3-5-18(9-20)22(29)10-16-12-27(13-17(16)11-22)14-21(28)15-4-2-6-19(8-15)23(24,25)26/h2-9,16-17,21,28-29H,10-14H2,1H3/t16-,17+,21?,22?. The van der Waals surface area contributed by atoms with Crippen LogP contribution in [0.4, 0.5) is 13.2 Å². The maximum Gasteiger partial charge on any atom is 0.416 e. The molecule has 0 aromatic heterocycles. The second-order valence-corrected chi connectivity index (χ2v) is 8.55. The highest BCUT2D eigenvalue weighted by Gasteiger charge is 2.49. The first-order valence-corrected chi connectivity index (χ1v) is 10.1. The van der Waals surface area contributed by atoms with Gasteiger partial charge in [0.1, 0.15) is 5.75 Å². The van der Waals surface area contributed by atoms with Gasteiger partial charge in [-0.3, -0.25) is 4.90 Å². The summed E-state index contributed by atoms with van der Waals surface area (Å²) in [5, 5.41) is 21.7. The van der Waals surface area contributed by atoms with Crippen molar-refractivity contribution in [2.45, 2.75) is 30.7 Å². The minimum atomic E-state index is -4.43. The molecule has 30 heavy (non-hydrogen) atoms. The van der Waals surface area contributed by atoms with Crippen LogP contribution in [-0.4, -0.2) is 41.9 Å². The molecule has 0 radical (unpaired) electrons. The SMILES string of the molecule is COc1cccc(C2(O)C[C@H]3CN(CC(O)c4cccc(C(F)(F)F)c4)C[C@H]3C2)c1. The van der Waals surface area contributed by atoms with Gasteiger partial charge < -0.3 is 14.9 Å². The van der Waals surface area contributed by atoms with E-state index in [-0.39, 0.29) is 23.9 Å². The van der Waals surface area contributed by atoms with Crippen LogP contribution in [-0.2, 0) is 11.8 Å². The number of aliphatic hydroxyl groups excluding tert-OH is 1. The average molecular weight is 421 g/mol. The normalized spacial score (nSPS) is 27.8. The first kappa shape index (κ1) is 21.2. The molecule has 0 bridgehead atoms. The molecule has 0 amide bonds. The second kappa shape index (κ2) is 7.87. The fourth-order valence-electron chi connectivity index (χ4n) is 5.02. The van der Waals surface area contributed by atoms with Crippen molar-refractivity contribution in [3.8, 4) is 5.75 Å². The van der Waals surface area contributed by atoms with Crippen molar-refractivity contribution in [2.24, 2.45) is 11.8 Å². The van der Waals surface area contributed by atoms with Gasteiger partial charge in [0.15, 0.2) is 0 Å². The fraction of sp³-hybridized carbons (Fsp3) is 0.478. The van der Waals surface area contributed by atoms with Crippen LogP contribution in [0.25, 0.3) is 0 Å². The van der Waals surface area contributed by atoms with E-state index in [1.165, 1.54) is 12.1 Å². The third-order valence-electron chi connectivity index (χ3n) is 6.49. The molecule has 1 aliphatic carbocycles. The van der Waals surface area contributed by atoms with Gasteiger partial charge in [0.2, 0.25) is 0 Å². The van der Waals surface area contributed by atoms with Crippen LogP contribution < -0.4 is 4.74 Å². The quantitative estimate of drug-likeness (QED) is 0.767. The van der Waals surface area contributed by atoms with E-state index in [0.29, 0.717) is 31.7 Å². The Labute approximate surface area is 173 Å². The van der Waals surface area contributed by atoms with Crippen LogP contribution in [0.3, 0.4) is 0 Å². The lowest BCUT2D eigenvalue weighted by Gasteiger charge is -2.27.